The summed E-state index contributed by atoms with van der Waals surface area (Å²) >= 11 is 5.88. The Morgan fingerprint density at radius 3 is 2.48 bits per heavy atom. The number of sulfone groups is 1. The lowest BCUT2D eigenvalue weighted by Crippen LogP contribution is -2.10. The molecule has 0 fully saturated rings. The minimum absolute atomic E-state index is 0.0103. The Balaban J connectivity index is 1.95. The third-order valence-electron chi connectivity index (χ3n) is 4.64. The molecule has 0 spiro atoms. The summed E-state index contributed by atoms with van der Waals surface area (Å²) < 4.78 is 67.5. The number of fused-ring (bicyclic) bond motifs is 1. The molecule has 162 valence electrons. The van der Waals surface area contributed by atoms with Gasteiger partial charge in [-0.25, -0.2) is 28.1 Å². The first-order valence-electron chi connectivity index (χ1n) is 8.84. The largest absolute Gasteiger partial charge is 0.433 e. The van der Waals surface area contributed by atoms with Crippen molar-refractivity contribution < 1.29 is 21.6 Å². The summed E-state index contributed by atoms with van der Waals surface area (Å²) in [6.45, 7) is 1.48. The lowest BCUT2D eigenvalue weighted by Gasteiger charge is -2.11. The van der Waals surface area contributed by atoms with Crippen molar-refractivity contribution in [3.05, 3.63) is 47.6 Å². The minimum Gasteiger partial charge on any atom is -0.324 e. The number of imidazole rings is 1. The van der Waals surface area contributed by atoms with Gasteiger partial charge < -0.3 is 4.57 Å². The molecule has 0 atom stereocenters. The summed E-state index contributed by atoms with van der Waals surface area (Å²) in [4.78, 5) is 11.8. The molecule has 4 aromatic rings. The Morgan fingerprint density at radius 1 is 1.13 bits per heavy atom. The molecule has 0 radical (unpaired) electrons. The van der Waals surface area contributed by atoms with Crippen LogP contribution >= 0.6 is 11.6 Å². The van der Waals surface area contributed by atoms with E-state index in [-0.39, 0.29) is 27.7 Å². The van der Waals surface area contributed by atoms with Crippen LogP contribution in [0.25, 0.3) is 28.2 Å². The maximum absolute atomic E-state index is 13.0. The molecular formula is C18H14ClF3N6O2S. The molecule has 0 saturated carbocycles. The van der Waals surface area contributed by atoms with E-state index in [0.717, 1.165) is 12.3 Å². The van der Waals surface area contributed by atoms with E-state index in [4.69, 9.17) is 11.6 Å². The van der Waals surface area contributed by atoms with Crippen molar-refractivity contribution in [1.29, 1.82) is 0 Å². The van der Waals surface area contributed by atoms with Crippen LogP contribution in [-0.2, 0) is 23.1 Å². The summed E-state index contributed by atoms with van der Waals surface area (Å²) in [5.41, 5.74) is -0.416. The first-order valence-corrected chi connectivity index (χ1v) is 10.9. The quantitative estimate of drug-likeness (QED) is 0.451. The monoisotopic (exact) mass is 470 g/mol. The third kappa shape index (κ3) is 3.76. The van der Waals surface area contributed by atoms with E-state index in [9.17, 15) is 21.6 Å². The molecule has 0 aliphatic rings. The molecule has 4 aromatic heterocycles. The van der Waals surface area contributed by atoms with E-state index in [2.05, 4.69) is 20.1 Å². The van der Waals surface area contributed by atoms with Gasteiger partial charge >= 0.3 is 6.18 Å². The number of aryl methyl sites for hydroxylation is 1. The Morgan fingerprint density at radius 2 is 1.87 bits per heavy atom. The Hall–Kier alpha value is -2.99. The Labute approximate surface area is 179 Å². The fourth-order valence-electron chi connectivity index (χ4n) is 3.02. The van der Waals surface area contributed by atoms with Crippen LogP contribution in [0.1, 0.15) is 12.6 Å². The number of halogens is 4. The topological polar surface area (TPSA) is 95.6 Å². The number of alkyl halides is 3. The van der Waals surface area contributed by atoms with Gasteiger partial charge in [-0.05, 0) is 12.1 Å². The molecule has 4 heterocycles. The zero-order valence-electron chi connectivity index (χ0n) is 16.1. The highest BCUT2D eigenvalue weighted by Gasteiger charge is 2.33. The van der Waals surface area contributed by atoms with Crippen LogP contribution in [0.5, 0.6) is 0 Å². The second kappa shape index (κ2) is 7.31. The number of hydrogen-bond acceptors (Lipinski definition) is 6. The van der Waals surface area contributed by atoms with Gasteiger partial charge in [0, 0.05) is 13.2 Å². The van der Waals surface area contributed by atoms with Gasteiger partial charge in [-0.1, -0.05) is 18.5 Å². The van der Waals surface area contributed by atoms with E-state index in [1.165, 1.54) is 40.8 Å². The van der Waals surface area contributed by atoms with Crippen molar-refractivity contribution in [2.75, 3.05) is 5.75 Å². The van der Waals surface area contributed by atoms with Gasteiger partial charge in [-0.3, -0.25) is 0 Å². The molecule has 0 aromatic carbocycles. The van der Waals surface area contributed by atoms with Crippen LogP contribution in [0.2, 0.25) is 5.02 Å². The van der Waals surface area contributed by atoms with Crippen LogP contribution in [0.3, 0.4) is 0 Å². The van der Waals surface area contributed by atoms with Crippen LogP contribution in [-0.4, -0.2) is 43.5 Å². The van der Waals surface area contributed by atoms with Gasteiger partial charge in [-0.2, -0.15) is 18.3 Å². The Kier molecular flexibility index (Phi) is 5.01. The summed E-state index contributed by atoms with van der Waals surface area (Å²) in [6.07, 6.45) is 0.669. The average molecular weight is 471 g/mol. The van der Waals surface area contributed by atoms with Crippen molar-refractivity contribution in [1.82, 2.24) is 29.3 Å². The van der Waals surface area contributed by atoms with Gasteiger partial charge in [0.2, 0.25) is 0 Å². The van der Waals surface area contributed by atoms with Crippen LogP contribution in [0.4, 0.5) is 13.2 Å². The van der Waals surface area contributed by atoms with Crippen molar-refractivity contribution in [2.45, 2.75) is 18.0 Å². The number of rotatable bonds is 4. The van der Waals surface area contributed by atoms with Crippen molar-refractivity contribution >= 4 is 32.5 Å². The highest BCUT2D eigenvalue weighted by molar-refractivity contribution is 7.91. The highest BCUT2D eigenvalue weighted by atomic mass is 35.5. The predicted molar refractivity (Wildman–Crippen MR) is 107 cm³/mol. The summed E-state index contributed by atoms with van der Waals surface area (Å²) in [5.74, 6) is -0.123. The van der Waals surface area contributed by atoms with Gasteiger partial charge in [0.1, 0.15) is 11.4 Å². The molecule has 13 heteroatoms. The molecule has 0 N–H and O–H groups in total. The number of hydrogen-bond donors (Lipinski definition) is 0. The van der Waals surface area contributed by atoms with E-state index in [0.29, 0.717) is 16.2 Å². The maximum atomic E-state index is 13.0. The van der Waals surface area contributed by atoms with Crippen molar-refractivity contribution in [2.24, 2.45) is 7.05 Å². The first kappa shape index (κ1) is 21.2. The molecular weight excluding hydrogens is 457 g/mol. The van der Waals surface area contributed by atoms with Gasteiger partial charge in [0.15, 0.2) is 15.7 Å². The van der Waals surface area contributed by atoms with Crippen LogP contribution in [0.15, 0.2) is 41.8 Å². The van der Waals surface area contributed by atoms with Gasteiger partial charge in [-0.15, -0.1) is 0 Å². The fourth-order valence-corrected chi connectivity index (χ4v) is 4.20. The lowest BCUT2D eigenvalue weighted by atomic mass is 10.3. The smallest absolute Gasteiger partial charge is 0.324 e. The second-order valence-corrected chi connectivity index (χ2v) is 9.28. The minimum atomic E-state index is -4.63. The summed E-state index contributed by atoms with van der Waals surface area (Å²) in [6, 6.07) is 2.19. The first-order chi connectivity index (χ1) is 14.5. The zero-order chi connectivity index (χ0) is 22.6. The van der Waals surface area contributed by atoms with Crippen molar-refractivity contribution in [3.63, 3.8) is 0 Å². The maximum Gasteiger partial charge on any atom is 0.433 e. The van der Waals surface area contributed by atoms with Crippen LogP contribution < -0.4 is 0 Å². The highest BCUT2D eigenvalue weighted by Crippen LogP contribution is 2.33. The van der Waals surface area contributed by atoms with Crippen molar-refractivity contribution in [3.8, 4) is 17.2 Å². The lowest BCUT2D eigenvalue weighted by molar-refractivity contribution is -0.141. The molecule has 0 aliphatic carbocycles. The fraction of sp³-hybridized carbons (Fsp3) is 0.222. The Bertz CT molecular complexity index is 1410. The molecule has 0 amide bonds. The SMILES string of the molecule is CCS(=O)(=O)c1cc(-n2cc(Cl)cn2)cnc1-c1nc2cc(C(F)(F)F)ncc2n1C. The van der Waals surface area contributed by atoms with E-state index in [1.807, 2.05) is 0 Å². The molecule has 8 nitrogen and oxygen atoms in total. The van der Waals surface area contributed by atoms with Crippen LogP contribution in [0, 0.1) is 0 Å². The van der Waals surface area contributed by atoms with Gasteiger partial charge in [0.05, 0.1) is 51.0 Å². The molecule has 0 aliphatic heterocycles. The standard InChI is InChI=1S/C18H14ClF3N6O2S/c1-3-31(29,30)14-4-11(28-9-10(19)6-25-28)7-24-16(14)17-26-12-5-15(18(20,21)22)23-8-13(12)27(17)2/h4-9H,3H2,1-2H3. The molecule has 0 saturated heterocycles. The summed E-state index contributed by atoms with van der Waals surface area (Å²) in [5, 5.41) is 4.39. The summed E-state index contributed by atoms with van der Waals surface area (Å²) in [7, 11) is -2.23. The second-order valence-electron chi connectivity index (χ2n) is 6.60. The van der Waals surface area contributed by atoms with E-state index >= 15 is 0 Å². The number of pyridine rings is 2. The number of nitrogens with zero attached hydrogens (tertiary/aromatic N) is 6. The number of aromatic nitrogens is 6. The average Bonchev–Trinajstić information content (AvgIpc) is 3.30. The zero-order valence-corrected chi connectivity index (χ0v) is 17.7. The third-order valence-corrected chi connectivity index (χ3v) is 6.58. The predicted octanol–water partition coefficient (Wildman–Crippen LogP) is 3.68. The van der Waals surface area contributed by atoms with E-state index < -0.39 is 21.7 Å². The van der Waals surface area contributed by atoms with E-state index in [1.54, 1.807) is 7.05 Å². The molecule has 0 unspecified atom stereocenters. The molecule has 0 bridgehead atoms. The molecule has 31 heavy (non-hydrogen) atoms. The van der Waals surface area contributed by atoms with Gasteiger partial charge in [0.25, 0.3) is 0 Å². The molecule has 4 rings (SSSR count). The normalized spacial score (nSPS) is 12.6.